The lowest BCUT2D eigenvalue weighted by molar-refractivity contribution is 0.145. The molecule has 0 amide bonds. The van der Waals surface area contributed by atoms with E-state index in [1.54, 1.807) is 6.20 Å². The fourth-order valence-corrected chi connectivity index (χ4v) is 4.31. The predicted molar refractivity (Wildman–Crippen MR) is 110 cm³/mol. The first-order chi connectivity index (χ1) is 14.3. The Hall–Kier alpha value is -3.03. The van der Waals surface area contributed by atoms with Crippen molar-refractivity contribution in [3.63, 3.8) is 0 Å². The number of benzene rings is 2. The maximum atomic E-state index is 10.5. The number of hydrogen-bond donors (Lipinski definition) is 2. The van der Waals surface area contributed by atoms with Gasteiger partial charge in [0.05, 0.1) is 17.3 Å². The molecular weight excluding hydrogens is 364 g/mol. The van der Waals surface area contributed by atoms with Crippen molar-refractivity contribution in [1.29, 1.82) is 0 Å². The van der Waals surface area contributed by atoms with Gasteiger partial charge in [-0.25, -0.2) is 4.68 Å². The Kier molecular flexibility index (Phi) is 4.83. The first-order valence-electron chi connectivity index (χ1n) is 10.1. The van der Waals surface area contributed by atoms with Crippen molar-refractivity contribution in [2.45, 2.75) is 38.1 Å². The molecule has 2 aromatic carbocycles. The number of aliphatic hydroxyl groups is 1. The number of para-hydroxylation sites is 2. The van der Waals surface area contributed by atoms with Crippen LogP contribution >= 0.6 is 0 Å². The fourth-order valence-electron chi connectivity index (χ4n) is 4.31. The Balaban J connectivity index is 1.30. The molecule has 7 nitrogen and oxygen atoms in total. The van der Waals surface area contributed by atoms with Gasteiger partial charge in [0.2, 0.25) is 0 Å². The molecule has 0 saturated heterocycles. The highest BCUT2D eigenvalue weighted by molar-refractivity contribution is 5.76. The Labute approximate surface area is 169 Å². The van der Waals surface area contributed by atoms with Gasteiger partial charge in [-0.3, -0.25) is 4.68 Å². The fraction of sp³-hybridized carbons (Fsp3) is 0.318. The molecular formula is C22H24N6O. The van der Waals surface area contributed by atoms with E-state index in [1.807, 2.05) is 58.0 Å². The molecule has 2 aromatic heterocycles. The Morgan fingerprint density at radius 3 is 2.79 bits per heavy atom. The predicted octanol–water partition coefficient (Wildman–Crippen LogP) is 2.55. The summed E-state index contributed by atoms with van der Waals surface area (Å²) >= 11 is 0. The summed E-state index contributed by atoms with van der Waals surface area (Å²) in [6.07, 6.45) is 5.18. The van der Waals surface area contributed by atoms with E-state index in [2.05, 4.69) is 32.9 Å². The molecule has 0 aliphatic heterocycles. The van der Waals surface area contributed by atoms with Gasteiger partial charge in [0, 0.05) is 31.5 Å². The van der Waals surface area contributed by atoms with Crippen molar-refractivity contribution in [2.24, 2.45) is 5.92 Å². The van der Waals surface area contributed by atoms with Gasteiger partial charge >= 0.3 is 0 Å². The average molecular weight is 388 g/mol. The maximum Gasteiger partial charge on any atom is 0.113 e. The number of hydrogen-bond acceptors (Lipinski definition) is 5. The molecule has 148 valence electrons. The summed E-state index contributed by atoms with van der Waals surface area (Å²) in [7, 11) is 0. The summed E-state index contributed by atoms with van der Waals surface area (Å²) in [5.74, 6) is 0.428. The van der Waals surface area contributed by atoms with Crippen LogP contribution in [0.3, 0.4) is 0 Å². The molecule has 5 rings (SSSR count). The van der Waals surface area contributed by atoms with Crippen molar-refractivity contribution < 1.29 is 5.11 Å². The Morgan fingerprint density at radius 2 is 1.90 bits per heavy atom. The van der Waals surface area contributed by atoms with Crippen LogP contribution in [0.2, 0.25) is 0 Å². The van der Waals surface area contributed by atoms with E-state index in [4.69, 9.17) is 0 Å². The summed E-state index contributed by atoms with van der Waals surface area (Å²) in [5.41, 5.74) is 4.00. The van der Waals surface area contributed by atoms with Crippen LogP contribution in [0.5, 0.6) is 0 Å². The third-order valence-corrected chi connectivity index (χ3v) is 5.76. The minimum Gasteiger partial charge on any atom is -0.391 e. The SMILES string of the molecule is O[C@@H]1CC(Cn2cccn2)C[C@H]1NCc1ccccc1-n1nnc2ccccc21. The Bertz CT molecular complexity index is 1090. The highest BCUT2D eigenvalue weighted by Gasteiger charge is 2.32. The molecule has 4 aromatic rings. The minimum atomic E-state index is -0.338. The molecule has 0 radical (unpaired) electrons. The van der Waals surface area contributed by atoms with E-state index in [9.17, 15) is 5.11 Å². The van der Waals surface area contributed by atoms with E-state index in [1.165, 1.54) is 0 Å². The van der Waals surface area contributed by atoms with Crippen LogP contribution in [0.15, 0.2) is 67.0 Å². The molecule has 1 unspecified atom stereocenters. The normalized spacial score (nSPS) is 21.8. The second kappa shape index (κ2) is 7.77. The molecule has 0 bridgehead atoms. The van der Waals surface area contributed by atoms with Crippen LogP contribution in [-0.4, -0.2) is 42.0 Å². The highest BCUT2D eigenvalue weighted by atomic mass is 16.3. The molecule has 2 heterocycles. The average Bonchev–Trinajstić information content (AvgIpc) is 3.47. The molecule has 2 N–H and O–H groups in total. The van der Waals surface area contributed by atoms with Gasteiger partial charge in [-0.2, -0.15) is 5.10 Å². The molecule has 7 heteroatoms. The molecule has 1 fully saturated rings. The smallest absolute Gasteiger partial charge is 0.113 e. The lowest BCUT2D eigenvalue weighted by Gasteiger charge is -2.18. The number of nitrogens with one attached hydrogen (secondary N) is 1. The minimum absolute atomic E-state index is 0.0797. The van der Waals surface area contributed by atoms with Gasteiger partial charge in [-0.15, -0.1) is 5.10 Å². The molecule has 29 heavy (non-hydrogen) atoms. The summed E-state index contributed by atoms with van der Waals surface area (Å²) < 4.78 is 3.84. The highest BCUT2D eigenvalue weighted by Crippen LogP contribution is 2.28. The quantitative estimate of drug-likeness (QED) is 0.531. The molecule has 1 saturated carbocycles. The third-order valence-electron chi connectivity index (χ3n) is 5.76. The summed E-state index contributed by atoms with van der Waals surface area (Å²) in [4.78, 5) is 0. The van der Waals surface area contributed by atoms with Crippen molar-refractivity contribution in [3.05, 3.63) is 72.6 Å². The van der Waals surface area contributed by atoms with E-state index < -0.39 is 0 Å². The van der Waals surface area contributed by atoms with Crippen LogP contribution in [0, 0.1) is 5.92 Å². The van der Waals surface area contributed by atoms with Gasteiger partial charge in [-0.1, -0.05) is 35.5 Å². The standard InChI is InChI=1S/C22H24N6O/c29-22-13-16(15-27-11-5-10-24-27)12-19(22)23-14-17-6-1-3-8-20(17)28-21-9-4-2-7-18(21)25-26-28/h1-11,16,19,22-23,29H,12-15H2/t16?,19-,22-/m1/s1. The van der Waals surface area contributed by atoms with Crippen molar-refractivity contribution in [2.75, 3.05) is 0 Å². The zero-order valence-corrected chi connectivity index (χ0v) is 16.1. The van der Waals surface area contributed by atoms with Gasteiger partial charge < -0.3 is 10.4 Å². The first-order valence-corrected chi connectivity index (χ1v) is 10.1. The van der Waals surface area contributed by atoms with Crippen LogP contribution in [0.4, 0.5) is 0 Å². The summed E-state index contributed by atoms with van der Waals surface area (Å²) in [6.45, 7) is 1.52. The van der Waals surface area contributed by atoms with Crippen LogP contribution < -0.4 is 5.32 Å². The molecule has 0 spiro atoms. The first kappa shape index (κ1) is 18.0. The van der Waals surface area contributed by atoms with Crippen molar-refractivity contribution in [3.8, 4) is 5.69 Å². The van der Waals surface area contributed by atoms with E-state index in [0.717, 1.165) is 41.7 Å². The molecule has 3 atom stereocenters. The number of fused-ring (bicyclic) bond motifs is 1. The second-order valence-electron chi connectivity index (χ2n) is 7.74. The van der Waals surface area contributed by atoms with Crippen molar-refractivity contribution in [1.82, 2.24) is 30.1 Å². The number of rotatable bonds is 6. The number of aromatic nitrogens is 5. The Morgan fingerprint density at radius 1 is 1.03 bits per heavy atom. The number of nitrogens with zero attached hydrogens (tertiary/aromatic N) is 5. The van der Waals surface area contributed by atoms with E-state index in [-0.39, 0.29) is 12.1 Å². The lowest BCUT2D eigenvalue weighted by Crippen LogP contribution is -2.35. The summed E-state index contributed by atoms with van der Waals surface area (Å²) in [6, 6.07) is 18.2. The van der Waals surface area contributed by atoms with Gasteiger partial charge in [-0.05, 0) is 48.6 Å². The monoisotopic (exact) mass is 388 g/mol. The lowest BCUT2D eigenvalue weighted by atomic mass is 10.1. The topological polar surface area (TPSA) is 80.8 Å². The van der Waals surface area contributed by atoms with E-state index in [0.29, 0.717) is 12.5 Å². The van der Waals surface area contributed by atoms with Crippen LogP contribution in [-0.2, 0) is 13.1 Å². The van der Waals surface area contributed by atoms with Gasteiger partial charge in [0.15, 0.2) is 0 Å². The van der Waals surface area contributed by atoms with E-state index >= 15 is 0 Å². The second-order valence-corrected chi connectivity index (χ2v) is 7.74. The van der Waals surface area contributed by atoms with Crippen molar-refractivity contribution >= 4 is 11.0 Å². The molecule has 1 aliphatic rings. The molecule has 1 aliphatic carbocycles. The number of aliphatic hydroxyl groups excluding tert-OH is 1. The largest absolute Gasteiger partial charge is 0.391 e. The summed E-state index contributed by atoms with van der Waals surface area (Å²) in [5, 5.41) is 27.0. The zero-order chi connectivity index (χ0) is 19.6. The van der Waals surface area contributed by atoms with Crippen LogP contribution in [0.25, 0.3) is 16.7 Å². The van der Waals surface area contributed by atoms with Gasteiger partial charge in [0.25, 0.3) is 0 Å². The third kappa shape index (κ3) is 3.66. The van der Waals surface area contributed by atoms with Gasteiger partial charge in [0.1, 0.15) is 5.52 Å². The van der Waals surface area contributed by atoms with Crippen LogP contribution in [0.1, 0.15) is 18.4 Å². The zero-order valence-electron chi connectivity index (χ0n) is 16.1. The maximum absolute atomic E-state index is 10.5.